The molecular weight excluding hydrogens is 365 g/mol. The molecule has 2 N–H and O–H groups in total. The number of nitrogens with two attached hydrogens (primary N) is 1. The third-order valence-corrected chi connectivity index (χ3v) is 5.23. The van der Waals surface area contributed by atoms with Crippen molar-refractivity contribution in [3.8, 4) is 5.75 Å². The maximum absolute atomic E-state index is 12.9. The predicted octanol–water partition coefficient (Wildman–Crippen LogP) is 5.01. The quantitative estimate of drug-likeness (QED) is 0.532. The van der Waals surface area contributed by atoms with E-state index in [1.54, 1.807) is 6.07 Å². The highest BCUT2D eigenvalue weighted by Crippen LogP contribution is 2.31. The molecule has 2 aromatic carbocycles. The summed E-state index contributed by atoms with van der Waals surface area (Å²) in [5.41, 5.74) is 6.66. The summed E-state index contributed by atoms with van der Waals surface area (Å²) in [6, 6.07) is 13.2. The lowest BCUT2D eigenvalue weighted by Gasteiger charge is -2.32. The molecule has 0 saturated carbocycles. The van der Waals surface area contributed by atoms with Crippen LogP contribution in [0.1, 0.15) is 30.4 Å². The summed E-state index contributed by atoms with van der Waals surface area (Å²) < 4.78 is 44.3. The molecule has 0 unspecified atom stereocenters. The van der Waals surface area contributed by atoms with Gasteiger partial charge in [0.05, 0.1) is 12.2 Å². The van der Waals surface area contributed by atoms with Gasteiger partial charge in [-0.05, 0) is 68.5 Å². The first-order valence-electron chi connectivity index (χ1n) is 9.77. The SMILES string of the molecule is Nc1cccc(OCCCN2CCC(Cc3cccc(C(F)(F)F)c3)CC2)c1. The van der Waals surface area contributed by atoms with E-state index in [0.29, 0.717) is 18.2 Å². The molecule has 1 aliphatic rings. The van der Waals surface area contributed by atoms with Gasteiger partial charge in [0.1, 0.15) is 5.75 Å². The Morgan fingerprint density at radius 3 is 2.50 bits per heavy atom. The molecule has 3 rings (SSSR count). The van der Waals surface area contributed by atoms with Crippen LogP contribution in [0.5, 0.6) is 5.75 Å². The minimum atomic E-state index is -4.27. The topological polar surface area (TPSA) is 38.5 Å². The van der Waals surface area contributed by atoms with Gasteiger partial charge in [-0.2, -0.15) is 13.2 Å². The van der Waals surface area contributed by atoms with Gasteiger partial charge in [-0.3, -0.25) is 0 Å². The van der Waals surface area contributed by atoms with Gasteiger partial charge in [-0.1, -0.05) is 24.3 Å². The van der Waals surface area contributed by atoms with Crippen molar-refractivity contribution in [2.45, 2.75) is 31.9 Å². The summed E-state index contributed by atoms with van der Waals surface area (Å²) in [6.07, 6.45) is -0.574. The first-order chi connectivity index (χ1) is 13.4. The highest BCUT2D eigenvalue weighted by Gasteiger charge is 2.30. The first kappa shape index (κ1) is 20.5. The number of hydrogen-bond donors (Lipinski definition) is 1. The van der Waals surface area contributed by atoms with Gasteiger partial charge in [0, 0.05) is 18.3 Å². The molecule has 0 amide bonds. The zero-order valence-electron chi connectivity index (χ0n) is 15.9. The van der Waals surface area contributed by atoms with Crippen LogP contribution in [0.15, 0.2) is 48.5 Å². The van der Waals surface area contributed by atoms with Crippen molar-refractivity contribution in [2.24, 2.45) is 5.92 Å². The van der Waals surface area contributed by atoms with Gasteiger partial charge < -0.3 is 15.4 Å². The Morgan fingerprint density at radius 1 is 1.04 bits per heavy atom. The molecule has 6 heteroatoms. The molecule has 1 saturated heterocycles. The summed E-state index contributed by atoms with van der Waals surface area (Å²) in [6.45, 7) is 3.59. The molecular formula is C22H27F3N2O. The second-order valence-corrected chi connectivity index (χ2v) is 7.46. The van der Waals surface area contributed by atoms with E-state index < -0.39 is 11.7 Å². The van der Waals surface area contributed by atoms with E-state index in [1.165, 1.54) is 12.1 Å². The van der Waals surface area contributed by atoms with Gasteiger partial charge in [0.25, 0.3) is 0 Å². The van der Waals surface area contributed by atoms with E-state index in [9.17, 15) is 13.2 Å². The zero-order chi connectivity index (χ0) is 20.0. The number of nitrogen functional groups attached to an aromatic ring is 1. The smallest absolute Gasteiger partial charge is 0.416 e. The molecule has 2 aromatic rings. The van der Waals surface area contributed by atoms with Crippen LogP contribution in [-0.4, -0.2) is 31.1 Å². The van der Waals surface area contributed by atoms with Crippen molar-refractivity contribution in [3.63, 3.8) is 0 Å². The number of rotatable bonds is 7. The van der Waals surface area contributed by atoms with Gasteiger partial charge in [-0.25, -0.2) is 0 Å². The lowest BCUT2D eigenvalue weighted by Crippen LogP contribution is -2.35. The summed E-state index contributed by atoms with van der Waals surface area (Å²) in [5.74, 6) is 1.24. The fraction of sp³-hybridized carbons (Fsp3) is 0.455. The van der Waals surface area contributed by atoms with Crippen molar-refractivity contribution in [3.05, 3.63) is 59.7 Å². The van der Waals surface area contributed by atoms with E-state index in [0.717, 1.165) is 62.7 Å². The van der Waals surface area contributed by atoms with E-state index in [2.05, 4.69) is 4.90 Å². The standard InChI is InChI=1S/C22H27F3N2O/c23-22(24,25)19-5-1-4-18(15-19)14-17-8-11-27(12-9-17)10-3-13-28-21-7-2-6-20(26)16-21/h1-2,4-7,15-17H,3,8-14,26H2. The molecule has 0 radical (unpaired) electrons. The molecule has 3 nitrogen and oxygen atoms in total. The van der Waals surface area contributed by atoms with Gasteiger partial charge >= 0.3 is 6.18 Å². The fourth-order valence-electron chi connectivity index (χ4n) is 3.70. The molecule has 1 aliphatic heterocycles. The summed E-state index contributed by atoms with van der Waals surface area (Å²) >= 11 is 0. The second-order valence-electron chi connectivity index (χ2n) is 7.46. The molecule has 0 spiro atoms. The van der Waals surface area contributed by atoms with E-state index >= 15 is 0 Å². The second kappa shape index (κ2) is 9.32. The lowest BCUT2D eigenvalue weighted by atomic mass is 9.89. The Bertz CT molecular complexity index is 755. The lowest BCUT2D eigenvalue weighted by molar-refractivity contribution is -0.137. The van der Waals surface area contributed by atoms with Crippen molar-refractivity contribution in [2.75, 3.05) is 32.0 Å². The van der Waals surface area contributed by atoms with Crippen molar-refractivity contribution < 1.29 is 17.9 Å². The van der Waals surface area contributed by atoms with Crippen molar-refractivity contribution in [1.82, 2.24) is 4.90 Å². The van der Waals surface area contributed by atoms with Gasteiger partial charge in [0.15, 0.2) is 0 Å². The van der Waals surface area contributed by atoms with Crippen LogP contribution < -0.4 is 10.5 Å². The number of likely N-dealkylation sites (tertiary alicyclic amines) is 1. The highest BCUT2D eigenvalue weighted by atomic mass is 19.4. The van der Waals surface area contributed by atoms with Crippen molar-refractivity contribution in [1.29, 1.82) is 0 Å². The number of benzene rings is 2. The molecule has 0 atom stereocenters. The molecule has 0 aromatic heterocycles. The molecule has 1 heterocycles. The zero-order valence-corrected chi connectivity index (χ0v) is 15.9. The normalized spacial score (nSPS) is 16.2. The fourth-order valence-corrected chi connectivity index (χ4v) is 3.70. The number of halogens is 3. The number of anilines is 1. The maximum Gasteiger partial charge on any atom is 0.416 e. The Kier molecular flexibility index (Phi) is 6.83. The van der Waals surface area contributed by atoms with Crippen molar-refractivity contribution >= 4 is 5.69 Å². The van der Waals surface area contributed by atoms with Gasteiger partial charge in [0.2, 0.25) is 0 Å². The number of nitrogens with zero attached hydrogens (tertiary/aromatic N) is 1. The van der Waals surface area contributed by atoms with Crippen LogP contribution in [0.4, 0.5) is 18.9 Å². The third-order valence-electron chi connectivity index (χ3n) is 5.23. The van der Waals surface area contributed by atoms with E-state index in [1.807, 2.05) is 24.3 Å². The summed E-state index contributed by atoms with van der Waals surface area (Å²) in [5, 5.41) is 0. The summed E-state index contributed by atoms with van der Waals surface area (Å²) in [4.78, 5) is 2.41. The average molecular weight is 392 g/mol. The summed E-state index contributed by atoms with van der Waals surface area (Å²) in [7, 11) is 0. The van der Waals surface area contributed by atoms with E-state index in [-0.39, 0.29) is 0 Å². The Labute approximate surface area is 164 Å². The minimum Gasteiger partial charge on any atom is -0.493 e. The predicted molar refractivity (Wildman–Crippen MR) is 105 cm³/mol. The maximum atomic E-state index is 12.9. The average Bonchev–Trinajstić information content (AvgIpc) is 2.66. The molecule has 1 fully saturated rings. The van der Waals surface area contributed by atoms with Crippen LogP contribution in [-0.2, 0) is 12.6 Å². The Hall–Kier alpha value is -2.21. The van der Waals surface area contributed by atoms with E-state index in [4.69, 9.17) is 10.5 Å². The molecule has 0 aliphatic carbocycles. The van der Waals surface area contributed by atoms with Crippen LogP contribution in [0.25, 0.3) is 0 Å². The highest BCUT2D eigenvalue weighted by molar-refractivity contribution is 5.43. The number of piperidine rings is 1. The molecule has 0 bridgehead atoms. The van der Waals surface area contributed by atoms with Crippen LogP contribution in [0, 0.1) is 5.92 Å². The van der Waals surface area contributed by atoms with Crippen LogP contribution >= 0.6 is 0 Å². The number of hydrogen-bond acceptors (Lipinski definition) is 3. The first-order valence-corrected chi connectivity index (χ1v) is 9.77. The van der Waals surface area contributed by atoms with Gasteiger partial charge in [-0.15, -0.1) is 0 Å². The number of ether oxygens (including phenoxy) is 1. The largest absolute Gasteiger partial charge is 0.493 e. The Morgan fingerprint density at radius 2 is 1.79 bits per heavy atom. The monoisotopic (exact) mass is 392 g/mol. The van der Waals surface area contributed by atoms with Crippen LogP contribution in [0.3, 0.4) is 0 Å². The van der Waals surface area contributed by atoms with Crippen LogP contribution in [0.2, 0.25) is 0 Å². The number of alkyl halides is 3. The molecule has 28 heavy (non-hydrogen) atoms. The third kappa shape index (κ3) is 6.16. The Balaban J connectivity index is 1.36. The minimum absolute atomic E-state index is 0.447. The molecule has 152 valence electrons.